The monoisotopic (exact) mass is 201 g/mol. The molecule has 2 N–H and O–H groups in total. The molecule has 1 heterocycles. The first-order valence-corrected chi connectivity index (χ1v) is 5.02. The standard InChI is InChI=1S/C12H15N3/c1-9-11(8-13)15(2)14-12(9)10-6-4-3-5-7-10/h3-7H,8,13H2,1-2H3. The lowest BCUT2D eigenvalue weighted by Crippen LogP contribution is -2.05. The van der Waals surface area contributed by atoms with Crippen molar-refractivity contribution in [3.05, 3.63) is 41.6 Å². The summed E-state index contributed by atoms with van der Waals surface area (Å²) in [6, 6.07) is 10.2. The Hall–Kier alpha value is -1.61. The third-order valence-corrected chi connectivity index (χ3v) is 2.67. The minimum Gasteiger partial charge on any atom is -0.325 e. The largest absolute Gasteiger partial charge is 0.325 e. The molecule has 0 saturated heterocycles. The van der Waals surface area contributed by atoms with Gasteiger partial charge in [-0.25, -0.2) is 0 Å². The maximum atomic E-state index is 5.68. The van der Waals surface area contributed by atoms with Crippen LogP contribution in [0.3, 0.4) is 0 Å². The van der Waals surface area contributed by atoms with Crippen LogP contribution < -0.4 is 5.73 Å². The van der Waals surface area contributed by atoms with E-state index in [9.17, 15) is 0 Å². The molecule has 0 aliphatic rings. The number of hydrogen-bond donors (Lipinski definition) is 1. The van der Waals surface area contributed by atoms with E-state index in [2.05, 4.69) is 24.2 Å². The molecule has 3 nitrogen and oxygen atoms in total. The van der Waals surface area contributed by atoms with Crippen molar-refractivity contribution in [3.63, 3.8) is 0 Å². The Morgan fingerprint density at radius 1 is 1.27 bits per heavy atom. The van der Waals surface area contributed by atoms with Gasteiger partial charge in [0.15, 0.2) is 0 Å². The number of hydrogen-bond acceptors (Lipinski definition) is 2. The normalized spacial score (nSPS) is 10.6. The van der Waals surface area contributed by atoms with Gasteiger partial charge in [-0.1, -0.05) is 30.3 Å². The van der Waals surface area contributed by atoms with E-state index in [4.69, 9.17) is 5.73 Å². The van der Waals surface area contributed by atoms with E-state index in [1.807, 2.05) is 29.9 Å². The first-order valence-electron chi connectivity index (χ1n) is 5.02. The molecule has 2 aromatic rings. The molecule has 15 heavy (non-hydrogen) atoms. The molecule has 0 aliphatic heterocycles. The molecule has 0 aliphatic carbocycles. The van der Waals surface area contributed by atoms with Crippen molar-refractivity contribution >= 4 is 0 Å². The Kier molecular flexibility index (Phi) is 2.56. The quantitative estimate of drug-likeness (QED) is 0.806. The van der Waals surface area contributed by atoms with Crippen LogP contribution in [0.15, 0.2) is 30.3 Å². The molecular formula is C12H15N3. The van der Waals surface area contributed by atoms with Crippen LogP contribution >= 0.6 is 0 Å². The summed E-state index contributed by atoms with van der Waals surface area (Å²) in [5, 5.41) is 4.49. The van der Waals surface area contributed by atoms with Gasteiger partial charge in [0.25, 0.3) is 0 Å². The summed E-state index contributed by atoms with van der Waals surface area (Å²) in [5.74, 6) is 0. The second-order valence-electron chi connectivity index (χ2n) is 3.61. The van der Waals surface area contributed by atoms with Gasteiger partial charge in [0.05, 0.1) is 11.4 Å². The van der Waals surface area contributed by atoms with Gasteiger partial charge in [-0.2, -0.15) is 5.10 Å². The first-order chi connectivity index (χ1) is 7.24. The summed E-state index contributed by atoms with van der Waals surface area (Å²) in [4.78, 5) is 0. The Balaban J connectivity index is 2.55. The number of nitrogens with two attached hydrogens (primary N) is 1. The van der Waals surface area contributed by atoms with Gasteiger partial charge in [-0.15, -0.1) is 0 Å². The third-order valence-electron chi connectivity index (χ3n) is 2.67. The predicted octanol–water partition coefficient (Wildman–Crippen LogP) is 1.85. The van der Waals surface area contributed by atoms with Gasteiger partial charge in [0.2, 0.25) is 0 Å². The van der Waals surface area contributed by atoms with Gasteiger partial charge >= 0.3 is 0 Å². The molecule has 0 saturated carbocycles. The molecule has 3 heteroatoms. The number of aryl methyl sites for hydroxylation is 1. The molecule has 0 amide bonds. The Morgan fingerprint density at radius 3 is 2.47 bits per heavy atom. The summed E-state index contributed by atoms with van der Waals surface area (Å²) in [7, 11) is 1.93. The fourth-order valence-electron chi connectivity index (χ4n) is 1.82. The Labute approximate surface area is 89.5 Å². The molecule has 0 atom stereocenters. The summed E-state index contributed by atoms with van der Waals surface area (Å²) in [6.45, 7) is 2.60. The van der Waals surface area contributed by atoms with Crippen LogP contribution in [-0.4, -0.2) is 9.78 Å². The highest BCUT2D eigenvalue weighted by atomic mass is 15.3. The average Bonchev–Trinajstić information content (AvgIpc) is 2.55. The Bertz CT molecular complexity index is 457. The molecule has 1 aromatic heterocycles. The van der Waals surface area contributed by atoms with Gasteiger partial charge in [0, 0.05) is 19.2 Å². The van der Waals surface area contributed by atoms with Crippen molar-refractivity contribution in [1.29, 1.82) is 0 Å². The van der Waals surface area contributed by atoms with E-state index in [0.717, 1.165) is 17.0 Å². The zero-order chi connectivity index (χ0) is 10.8. The molecule has 0 unspecified atom stereocenters. The molecule has 0 fully saturated rings. The van der Waals surface area contributed by atoms with Crippen molar-refractivity contribution in [2.24, 2.45) is 12.8 Å². The van der Waals surface area contributed by atoms with Crippen LogP contribution in [-0.2, 0) is 13.6 Å². The van der Waals surface area contributed by atoms with Gasteiger partial charge in [-0.3, -0.25) is 4.68 Å². The summed E-state index contributed by atoms with van der Waals surface area (Å²) < 4.78 is 1.86. The maximum Gasteiger partial charge on any atom is 0.0955 e. The molecule has 2 rings (SSSR count). The topological polar surface area (TPSA) is 43.8 Å². The summed E-state index contributed by atoms with van der Waals surface area (Å²) >= 11 is 0. The molecule has 0 spiro atoms. The smallest absolute Gasteiger partial charge is 0.0955 e. The minimum atomic E-state index is 0.530. The van der Waals surface area contributed by atoms with E-state index >= 15 is 0 Å². The highest BCUT2D eigenvalue weighted by Gasteiger charge is 2.11. The number of rotatable bonds is 2. The molecular weight excluding hydrogens is 186 g/mol. The SMILES string of the molecule is Cc1c(-c2ccccc2)nn(C)c1CN. The molecule has 0 radical (unpaired) electrons. The predicted molar refractivity (Wildman–Crippen MR) is 61.3 cm³/mol. The molecule has 0 bridgehead atoms. The Morgan fingerprint density at radius 2 is 1.93 bits per heavy atom. The fraction of sp³-hybridized carbons (Fsp3) is 0.250. The second-order valence-corrected chi connectivity index (χ2v) is 3.61. The number of benzene rings is 1. The van der Waals surface area contributed by atoms with Gasteiger partial charge < -0.3 is 5.73 Å². The second kappa shape index (κ2) is 3.87. The number of aromatic nitrogens is 2. The van der Waals surface area contributed by atoms with E-state index in [-0.39, 0.29) is 0 Å². The third kappa shape index (κ3) is 1.66. The van der Waals surface area contributed by atoms with Crippen LogP contribution in [0.5, 0.6) is 0 Å². The molecule has 1 aromatic carbocycles. The van der Waals surface area contributed by atoms with Crippen molar-refractivity contribution in [2.45, 2.75) is 13.5 Å². The lowest BCUT2D eigenvalue weighted by atomic mass is 10.1. The van der Waals surface area contributed by atoms with Crippen LogP contribution in [0, 0.1) is 6.92 Å². The first kappa shape index (κ1) is 9.93. The van der Waals surface area contributed by atoms with Crippen molar-refractivity contribution in [2.75, 3.05) is 0 Å². The summed E-state index contributed by atoms with van der Waals surface area (Å²) in [6.07, 6.45) is 0. The zero-order valence-electron chi connectivity index (χ0n) is 9.07. The van der Waals surface area contributed by atoms with Crippen LogP contribution in [0.1, 0.15) is 11.3 Å². The highest BCUT2D eigenvalue weighted by Crippen LogP contribution is 2.23. The van der Waals surface area contributed by atoms with Gasteiger partial charge in [0.1, 0.15) is 0 Å². The minimum absolute atomic E-state index is 0.530. The molecule has 78 valence electrons. The maximum absolute atomic E-state index is 5.68. The van der Waals surface area contributed by atoms with Gasteiger partial charge in [-0.05, 0) is 12.5 Å². The van der Waals surface area contributed by atoms with Crippen molar-refractivity contribution in [3.8, 4) is 11.3 Å². The lowest BCUT2D eigenvalue weighted by Gasteiger charge is -1.98. The van der Waals surface area contributed by atoms with E-state index in [1.165, 1.54) is 5.56 Å². The lowest BCUT2D eigenvalue weighted by molar-refractivity contribution is 0.712. The zero-order valence-corrected chi connectivity index (χ0v) is 9.07. The summed E-state index contributed by atoms with van der Waals surface area (Å²) in [5.41, 5.74) is 10.1. The highest BCUT2D eigenvalue weighted by molar-refractivity contribution is 5.63. The van der Waals surface area contributed by atoms with E-state index in [1.54, 1.807) is 0 Å². The van der Waals surface area contributed by atoms with Crippen LogP contribution in [0.4, 0.5) is 0 Å². The van der Waals surface area contributed by atoms with Crippen LogP contribution in [0.25, 0.3) is 11.3 Å². The van der Waals surface area contributed by atoms with Crippen molar-refractivity contribution < 1.29 is 0 Å². The van der Waals surface area contributed by atoms with E-state index < -0.39 is 0 Å². The van der Waals surface area contributed by atoms with Crippen LogP contribution in [0.2, 0.25) is 0 Å². The fourth-order valence-corrected chi connectivity index (χ4v) is 1.82. The number of nitrogens with zero attached hydrogens (tertiary/aromatic N) is 2. The van der Waals surface area contributed by atoms with Crippen molar-refractivity contribution in [1.82, 2.24) is 9.78 Å². The van der Waals surface area contributed by atoms with E-state index in [0.29, 0.717) is 6.54 Å². The average molecular weight is 201 g/mol.